The molecule has 0 aliphatic rings. The lowest BCUT2D eigenvalue weighted by molar-refractivity contribution is -0.140. The van der Waals surface area contributed by atoms with E-state index in [2.05, 4.69) is 15.0 Å². The van der Waals surface area contributed by atoms with Gasteiger partial charge in [-0.05, 0) is 17.2 Å². The predicted octanol–water partition coefficient (Wildman–Crippen LogP) is 3.38. The van der Waals surface area contributed by atoms with E-state index in [0.717, 1.165) is 11.8 Å². The summed E-state index contributed by atoms with van der Waals surface area (Å²) in [4.78, 5) is 12.0. The maximum atomic E-state index is 12.9. The third-order valence-corrected chi connectivity index (χ3v) is 5.05. The minimum absolute atomic E-state index is 0.00528. The number of hydrogen-bond acceptors (Lipinski definition) is 5. The Labute approximate surface area is 179 Å². The highest BCUT2D eigenvalue weighted by molar-refractivity contribution is 6.28. The van der Waals surface area contributed by atoms with Crippen LogP contribution in [-0.4, -0.2) is 35.8 Å². The molecule has 0 unspecified atom stereocenters. The van der Waals surface area contributed by atoms with Crippen molar-refractivity contribution < 1.29 is 17.9 Å². The van der Waals surface area contributed by atoms with Crippen LogP contribution in [0.4, 0.5) is 13.2 Å². The lowest BCUT2D eigenvalue weighted by Crippen LogP contribution is -2.23. The topological polar surface area (TPSA) is 86.5 Å². The largest absolute Gasteiger partial charge is 0.479 e. The number of imidazole rings is 2. The summed E-state index contributed by atoms with van der Waals surface area (Å²) < 4.78 is 48.6. The summed E-state index contributed by atoms with van der Waals surface area (Å²) in [5.74, 6) is 0.470. The summed E-state index contributed by atoms with van der Waals surface area (Å²) in [6.07, 6.45) is -3.55. The highest BCUT2D eigenvalue weighted by Crippen LogP contribution is 2.30. The molecule has 0 saturated heterocycles. The van der Waals surface area contributed by atoms with Crippen molar-refractivity contribution in [2.24, 2.45) is 14.1 Å². The van der Waals surface area contributed by atoms with Crippen LogP contribution < -0.4 is 10.4 Å². The molecule has 0 aliphatic heterocycles. The van der Waals surface area contributed by atoms with Gasteiger partial charge in [0.2, 0.25) is 16.8 Å². The second-order valence-corrected chi connectivity index (χ2v) is 7.24. The maximum Gasteiger partial charge on any atom is 0.434 e. The summed E-state index contributed by atoms with van der Waals surface area (Å²) >= 11 is 6.00. The second kappa shape index (κ2) is 7.41. The number of alkyl halides is 3. The van der Waals surface area contributed by atoms with Gasteiger partial charge >= 0.3 is 6.18 Å². The highest BCUT2D eigenvalue weighted by atomic mass is 35.5. The first-order valence-electron chi connectivity index (χ1n) is 9.01. The molecule has 0 saturated carbocycles. The molecule has 0 bridgehead atoms. The Morgan fingerprint density at radius 1 is 1.10 bits per heavy atom. The van der Waals surface area contributed by atoms with E-state index >= 15 is 0 Å². The van der Waals surface area contributed by atoms with Gasteiger partial charge in [-0.3, -0.25) is 9.98 Å². The number of aryl methyl sites for hydroxylation is 2. The van der Waals surface area contributed by atoms with E-state index in [1.54, 1.807) is 40.4 Å². The molecule has 12 heteroatoms. The molecule has 0 radical (unpaired) electrons. The zero-order valence-electron chi connectivity index (χ0n) is 16.7. The van der Waals surface area contributed by atoms with Crippen molar-refractivity contribution in [3.05, 3.63) is 52.6 Å². The molecule has 4 aromatic rings. The number of nitrogens with zero attached hydrogens (tertiary/aromatic N) is 6. The van der Waals surface area contributed by atoms with Gasteiger partial charge in [0.25, 0.3) is 0 Å². The minimum atomic E-state index is -4.50. The normalized spacial score (nSPS) is 12.0. The van der Waals surface area contributed by atoms with E-state index in [1.807, 2.05) is 0 Å². The van der Waals surface area contributed by atoms with E-state index in [0.29, 0.717) is 23.3 Å². The van der Waals surface area contributed by atoms with Gasteiger partial charge in [-0.25, -0.2) is 4.98 Å². The molecule has 0 spiro atoms. The molecule has 1 N–H and O–H groups in total. The average molecular weight is 452 g/mol. The van der Waals surface area contributed by atoms with E-state index in [9.17, 15) is 13.2 Å². The van der Waals surface area contributed by atoms with Crippen molar-refractivity contribution in [1.82, 2.24) is 28.7 Å². The van der Waals surface area contributed by atoms with Crippen LogP contribution in [0.1, 0.15) is 11.3 Å². The molecular weight excluding hydrogens is 435 g/mol. The van der Waals surface area contributed by atoms with Crippen LogP contribution in [0, 0.1) is 5.41 Å². The predicted molar refractivity (Wildman–Crippen MR) is 107 cm³/mol. The third-order valence-electron chi connectivity index (χ3n) is 4.88. The lowest BCUT2D eigenvalue weighted by atomic mass is 10.1. The quantitative estimate of drug-likeness (QED) is 0.482. The van der Waals surface area contributed by atoms with E-state index < -0.39 is 11.9 Å². The number of ether oxygens (including phenoxy) is 1. The molecule has 4 rings (SSSR count). The number of halogens is 4. The number of aromatic nitrogens is 6. The molecule has 3 aromatic heterocycles. The van der Waals surface area contributed by atoms with Gasteiger partial charge in [0, 0.05) is 25.9 Å². The average Bonchev–Trinajstić information content (AvgIpc) is 3.22. The Bertz CT molecular complexity index is 1340. The standard InChI is InChI=1S/C19H17ClF3N7O/c1-28-9-12(19(21,22)23)25-14(28)11-6-4-10(5-7-11)8-30-15-13(29(2)18(30)24)16(31-3)27-17(20)26-15/h4-7,9,24H,8H2,1-3H3. The Balaban J connectivity index is 1.70. The van der Waals surface area contributed by atoms with Crippen LogP contribution in [0.3, 0.4) is 0 Å². The molecular formula is C19H17ClF3N7O. The molecule has 0 atom stereocenters. The molecule has 162 valence electrons. The summed E-state index contributed by atoms with van der Waals surface area (Å²) in [5, 5.41) is 8.42. The Hall–Kier alpha value is -3.34. The zero-order valence-corrected chi connectivity index (χ0v) is 17.5. The van der Waals surface area contributed by atoms with Crippen molar-refractivity contribution in [2.75, 3.05) is 7.11 Å². The molecule has 31 heavy (non-hydrogen) atoms. The first kappa shape index (κ1) is 20.9. The lowest BCUT2D eigenvalue weighted by Gasteiger charge is -2.07. The van der Waals surface area contributed by atoms with Gasteiger partial charge in [0.05, 0.1) is 13.7 Å². The Morgan fingerprint density at radius 3 is 2.35 bits per heavy atom. The van der Waals surface area contributed by atoms with Gasteiger partial charge in [0.1, 0.15) is 5.82 Å². The van der Waals surface area contributed by atoms with Gasteiger partial charge in [-0.2, -0.15) is 23.1 Å². The number of rotatable bonds is 4. The molecule has 8 nitrogen and oxygen atoms in total. The van der Waals surface area contributed by atoms with Crippen LogP contribution in [0.5, 0.6) is 5.88 Å². The number of benzene rings is 1. The fourth-order valence-electron chi connectivity index (χ4n) is 3.37. The van der Waals surface area contributed by atoms with Crippen molar-refractivity contribution in [3.8, 4) is 17.3 Å². The Morgan fingerprint density at radius 2 is 1.77 bits per heavy atom. The maximum absolute atomic E-state index is 12.9. The number of fused-ring (bicyclic) bond motifs is 1. The molecule has 0 amide bonds. The molecule has 0 aliphatic carbocycles. The smallest absolute Gasteiger partial charge is 0.434 e. The fraction of sp³-hybridized carbons (Fsp3) is 0.263. The van der Waals surface area contributed by atoms with Crippen LogP contribution in [0.2, 0.25) is 5.28 Å². The number of nitrogens with one attached hydrogen (secondary N) is 1. The Kier molecular flexibility index (Phi) is 5.00. The van der Waals surface area contributed by atoms with Crippen LogP contribution in [0.15, 0.2) is 30.5 Å². The highest BCUT2D eigenvalue weighted by Gasteiger charge is 2.34. The minimum Gasteiger partial charge on any atom is -0.479 e. The monoisotopic (exact) mass is 451 g/mol. The van der Waals surface area contributed by atoms with E-state index in [4.69, 9.17) is 21.7 Å². The zero-order chi connectivity index (χ0) is 22.5. The van der Waals surface area contributed by atoms with Gasteiger partial charge in [0.15, 0.2) is 16.9 Å². The fourth-order valence-corrected chi connectivity index (χ4v) is 3.53. The van der Waals surface area contributed by atoms with Crippen LogP contribution in [0.25, 0.3) is 22.6 Å². The number of methoxy groups -OCH3 is 1. The first-order chi connectivity index (χ1) is 14.6. The summed E-state index contributed by atoms with van der Waals surface area (Å²) in [6, 6.07) is 6.91. The van der Waals surface area contributed by atoms with Crippen molar-refractivity contribution in [3.63, 3.8) is 0 Å². The van der Waals surface area contributed by atoms with Crippen LogP contribution in [-0.2, 0) is 26.8 Å². The van der Waals surface area contributed by atoms with Gasteiger partial charge in [-0.15, -0.1) is 0 Å². The van der Waals surface area contributed by atoms with Crippen molar-refractivity contribution in [2.45, 2.75) is 12.7 Å². The SMILES string of the molecule is COc1nc(Cl)nc2c1n(C)c(=N)n2Cc1ccc(-c2nc(C(F)(F)F)cn2C)cc1. The molecule has 3 heterocycles. The summed E-state index contributed by atoms with van der Waals surface area (Å²) in [7, 11) is 4.67. The first-order valence-corrected chi connectivity index (χ1v) is 9.39. The number of hydrogen-bond donors (Lipinski definition) is 1. The van der Waals surface area contributed by atoms with E-state index in [-0.39, 0.29) is 22.6 Å². The van der Waals surface area contributed by atoms with Crippen LogP contribution >= 0.6 is 11.6 Å². The van der Waals surface area contributed by atoms with Gasteiger partial charge < -0.3 is 13.9 Å². The van der Waals surface area contributed by atoms with Crippen molar-refractivity contribution in [1.29, 1.82) is 5.41 Å². The summed E-state index contributed by atoms with van der Waals surface area (Å²) in [6.45, 7) is 0.293. The van der Waals surface area contributed by atoms with Gasteiger partial charge in [-0.1, -0.05) is 24.3 Å². The van der Waals surface area contributed by atoms with Crippen molar-refractivity contribution >= 4 is 22.8 Å². The second-order valence-electron chi connectivity index (χ2n) is 6.90. The summed E-state index contributed by atoms with van der Waals surface area (Å²) in [5.41, 5.74) is 1.54. The molecule has 1 aromatic carbocycles. The van der Waals surface area contributed by atoms with E-state index in [1.165, 1.54) is 18.7 Å². The third kappa shape index (κ3) is 3.65. The molecule has 0 fully saturated rings.